The molecular formula is C35H37N5S4. The first kappa shape index (κ1) is 32.3. The SMILES string of the molecule is CC(SNc1nc(SC(C)c2ccccc2)nc(N(SC(C)c2ccccc2)SC(C)c2ccccc2)n1)c1ccccc1. The summed E-state index contributed by atoms with van der Waals surface area (Å²) in [6.07, 6.45) is 0. The second-order valence-corrected chi connectivity index (χ2v) is 15.5. The molecule has 0 saturated carbocycles. The molecule has 0 spiro atoms. The lowest BCUT2D eigenvalue weighted by atomic mass is 10.2. The van der Waals surface area contributed by atoms with E-state index in [4.69, 9.17) is 15.0 Å². The van der Waals surface area contributed by atoms with Gasteiger partial charge < -0.3 is 0 Å². The summed E-state index contributed by atoms with van der Waals surface area (Å²) in [5.74, 6) is 1.18. The van der Waals surface area contributed by atoms with E-state index in [1.807, 2.05) is 12.1 Å². The average Bonchev–Trinajstić information content (AvgIpc) is 3.08. The largest absolute Gasteiger partial charge is 0.298 e. The molecular weight excluding hydrogens is 619 g/mol. The van der Waals surface area contributed by atoms with Crippen molar-refractivity contribution < 1.29 is 0 Å². The fraction of sp³-hybridized carbons (Fsp3) is 0.229. The number of rotatable bonds is 14. The van der Waals surface area contributed by atoms with E-state index in [-0.39, 0.29) is 21.0 Å². The second-order valence-electron chi connectivity index (χ2n) is 10.3. The maximum atomic E-state index is 5.05. The number of thioether (sulfide) groups is 1. The Bertz CT molecular complexity index is 1510. The maximum absolute atomic E-state index is 5.05. The maximum Gasteiger partial charge on any atom is 0.252 e. The lowest BCUT2D eigenvalue weighted by Crippen LogP contribution is -2.14. The standard InChI is InChI=1S/C35H37N5S4/c1-25(29-17-9-5-10-18-29)41-35-37-33(39-42-26(2)30-19-11-6-12-20-30)36-34(38-35)40(43-27(3)31-21-13-7-14-22-31)44-28(4)32-23-15-8-16-24-32/h5-28H,1-4H3,(H,36,37,38,39). The van der Waals surface area contributed by atoms with Gasteiger partial charge in [0, 0.05) is 21.0 Å². The lowest BCUT2D eigenvalue weighted by molar-refractivity contribution is 0.910. The first-order chi connectivity index (χ1) is 21.5. The van der Waals surface area contributed by atoms with Crippen LogP contribution in [-0.4, -0.2) is 15.0 Å². The van der Waals surface area contributed by atoms with E-state index in [9.17, 15) is 0 Å². The summed E-state index contributed by atoms with van der Waals surface area (Å²) in [7, 11) is 0. The predicted molar refractivity (Wildman–Crippen MR) is 194 cm³/mol. The first-order valence-corrected chi connectivity index (χ1v) is 18.1. The molecule has 9 heteroatoms. The van der Waals surface area contributed by atoms with E-state index in [0.717, 1.165) is 0 Å². The van der Waals surface area contributed by atoms with Gasteiger partial charge in [-0.2, -0.15) is 15.0 Å². The van der Waals surface area contributed by atoms with Crippen molar-refractivity contribution in [3.8, 4) is 0 Å². The highest BCUT2D eigenvalue weighted by atomic mass is 32.2. The van der Waals surface area contributed by atoms with Gasteiger partial charge in [0.05, 0.1) is 0 Å². The minimum absolute atomic E-state index is 0.176. The summed E-state index contributed by atoms with van der Waals surface area (Å²) in [5.41, 5.74) is 4.98. The molecule has 0 saturated heterocycles. The summed E-state index contributed by atoms with van der Waals surface area (Å²) in [5, 5.41) is 1.45. The summed E-state index contributed by atoms with van der Waals surface area (Å²) in [4.78, 5) is 14.9. The molecule has 0 radical (unpaired) electrons. The summed E-state index contributed by atoms with van der Waals surface area (Å²) in [6.45, 7) is 8.83. The van der Waals surface area contributed by atoms with Crippen LogP contribution in [-0.2, 0) is 0 Å². The number of nitrogens with zero attached hydrogens (tertiary/aromatic N) is 4. The highest BCUT2D eigenvalue weighted by Crippen LogP contribution is 2.44. The van der Waals surface area contributed by atoms with Gasteiger partial charge in [0.25, 0.3) is 5.95 Å². The third kappa shape index (κ3) is 9.20. The van der Waals surface area contributed by atoms with Gasteiger partial charge >= 0.3 is 0 Å². The highest BCUT2D eigenvalue weighted by molar-refractivity contribution is 8.18. The normalized spacial score (nSPS) is 13.9. The van der Waals surface area contributed by atoms with E-state index < -0.39 is 0 Å². The molecule has 5 nitrogen and oxygen atoms in total. The fourth-order valence-electron chi connectivity index (χ4n) is 4.39. The minimum Gasteiger partial charge on any atom is -0.298 e. The number of hydrogen-bond donors (Lipinski definition) is 1. The molecule has 0 bridgehead atoms. The molecule has 5 aromatic rings. The Morgan fingerprint density at radius 3 is 1.36 bits per heavy atom. The zero-order valence-electron chi connectivity index (χ0n) is 25.3. The minimum atomic E-state index is 0.176. The Hall–Kier alpha value is -3.11. The molecule has 4 atom stereocenters. The smallest absolute Gasteiger partial charge is 0.252 e. The quantitative estimate of drug-likeness (QED) is 0.0930. The molecule has 44 heavy (non-hydrogen) atoms. The zero-order chi connectivity index (χ0) is 30.7. The summed E-state index contributed by atoms with van der Waals surface area (Å²) < 4.78 is 5.63. The van der Waals surface area contributed by atoms with E-state index >= 15 is 0 Å². The van der Waals surface area contributed by atoms with Crippen LogP contribution in [0.1, 0.15) is 70.9 Å². The van der Waals surface area contributed by atoms with Crippen molar-refractivity contribution >= 4 is 59.5 Å². The molecule has 1 aromatic heterocycles. The number of anilines is 2. The Morgan fingerprint density at radius 1 is 0.500 bits per heavy atom. The van der Waals surface area contributed by atoms with Crippen LogP contribution >= 0.6 is 47.6 Å². The number of benzene rings is 4. The van der Waals surface area contributed by atoms with Crippen LogP contribution in [0.3, 0.4) is 0 Å². The third-order valence-electron chi connectivity index (χ3n) is 6.96. The lowest BCUT2D eigenvalue weighted by Gasteiger charge is -2.27. The van der Waals surface area contributed by atoms with Gasteiger partial charge in [-0.15, -0.1) is 0 Å². The van der Waals surface area contributed by atoms with Crippen LogP contribution in [0.25, 0.3) is 0 Å². The number of hydrogen-bond acceptors (Lipinski definition) is 9. The van der Waals surface area contributed by atoms with Crippen molar-refractivity contribution in [1.29, 1.82) is 0 Å². The number of aromatic nitrogens is 3. The molecule has 1 N–H and O–H groups in total. The van der Waals surface area contributed by atoms with Gasteiger partial charge in [0.2, 0.25) is 5.95 Å². The van der Waals surface area contributed by atoms with Crippen LogP contribution in [0, 0.1) is 0 Å². The van der Waals surface area contributed by atoms with Crippen LogP contribution in [0.2, 0.25) is 0 Å². The topological polar surface area (TPSA) is 53.9 Å². The average molecular weight is 656 g/mol. The molecule has 0 amide bonds. The van der Waals surface area contributed by atoms with Crippen LogP contribution < -0.4 is 8.43 Å². The van der Waals surface area contributed by atoms with Crippen molar-refractivity contribution in [3.05, 3.63) is 144 Å². The van der Waals surface area contributed by atoms with Crippen molar-refractivity contribution in [2.24, 2.45) is 0 Å². The molecule has 0 aliphatic carbocycles. The van der Waals surface area contributed by atoms with Crippen molar-refractivity contribution in [3.63, 3.8) is 0 Å². The second kappa shape index (κ2) is 16.3. The van der Waals surface area contributed by atoms with Crippen molar-refractivity contribution in [1.82, 2.24) is 15.0 Å². The predicted octanol–water partition coefficient (Wildman–Crippen LogP) is 11.2. The molecule has 0 aliphatic rings. The monoisotopic (exact) mass is 655 g/mol. The van der Waals surface area contributed by atoms with Crippen LogP contribution in [0.5, 0.6) is 0 Å². The zero-order valence-corrected chi connectivity index (χ0v) is 28.5. The summed E-state index contributed by atoms with van der Waals surface area (Å²) in [6, 6.07) is 42.1. The molecule has 0 aliphatic heterocycles. The van der Waals surface area contributed by atoms with E-state index in [2.05, 4.69) is 145 Å². The van der Waals surface area contributed by atoms with E-state index in [0.29, 0.717) is 17.1 Å². The summed E-state index contributed by atoms with van der Waals surface area (Å²) >= 11 is 6.71. The van der Waals surface area contributed by atoms with Crippen molar-refractivity contribution in [2.75, 3.05) is 8.43 Å². The molecule has 0 fully saturated rings. The number of nitrogens with one attached hydrogen (secondary N) is 1. The van der Waals surface area contributed by atoms with E-state index in [1.54, 1.807) is 47.6 Å². The van der Waals surface area contributed by atoms with Gasteiger partial charge in [0.15, 0.2) is 5.16 Å². The molecule has 226 valence electrons. The molecule has 4 aromatic carbocycles. The molecule has 5 rings (SSSR count). The Balaban J connectivity index is 1.47. The van der Waals surface area contributed by atoms with Gasteiger partial charge in [-0.25, -0.2) is 3.71 Å². The Kier molecular flexibility index (Phi) is 11.9. The first-order valence-electron chi connectivity index (χ1n) is 14.6. The Morgan fingerprint density at radius 2 is 0.909 bits per heavy atom. The van der Waals surface area contributed by atoms with Gasteiger partial charge in [-0.05, 0) is 85.8 Å². The highest BCUT2D eigenvalue weighted by Gasteiger charge is 2.24. The van der Waals surface area contributed by atoms with Crippen LogP contribution in [0.4, 0.5) is 11.9 Å². The third-order valence-corrected chi connectivity index (χ3v) is 11.3. The Labute approximate surface area is 278 Å². The molecule has 1 heterocycles. The van der Waals surface area contributed by atoms with Gasteiger partial charge in [-0.1, -0.05) is 133 Å². The van der Waals surface area contributed by atoms with Gasteiger partial charge in [0.1, 0.15) is 0 Å². The van der Waals surface area contributed by atoms with Crippen LogP contribution in [0.15, 0.2) is 126 Å². The molecule has 4 unspecified atom stereocenters. The fourth-order valence-corrected chi connectivity index (χ4v) is 8.39. The van der Waals surface area contributed by atoms with Crippen molar-refractivity contribution in [2.45, 2.75) is 53.9 Å². The van der Waals surface area contributed by atoms with Gasteiger partial charge in [-0.3, -0.25) is 4.72 Å². The van der Waals surface area contributed by atoms with E-state index in [1.165, 1.54) is 22.3 Å².